The van der Waals surface area contributed by atoms with Crippen LogP contribution in [0.15, 0.2) is 58.3 Å². The van der Waals surface area contributed by atoms with Crippen LogP contribution in [0.2, 0.25) is 0 Å². The zero-order valence-corrected chi connectivity index (χ0v) is 14.2. The molecule has 23 heavy (non-hydrogen) atoms. The third-order valence-electron chi connectivity index (χ3n) is 3.01. The molecule has 122 valence electrons. The Labute approximate surface area is 139 Å². The minimum atomic E-state index is -3.37. The van der Waals surface area contributed by atoms with Crippen LogP contribution in [0.5, 0.6) is 0 Å². The third kappa shape index (κ3) is 4.80. The summed E-state index contributed by atoms with van der Waals surface area (Å²) in [6, 6.07) is 12.1. The van der Waals surface area contributed by atoms with E-state index in [0.717, 1.165) is 18.0 Å². The van der Waals surface area contributed by atoms with Gasteiger partial charge in [0.15, 0.2) is 9.84 Å². The Morgan fingerprint density at radius 1 is 1.17 bits per heavy atom. The number of nitrogens with one attached hydrogen (secondary N) is 1. The van der Waals surface area contributed by atoms with Crippen LogP contribution in [-0.4, -0.2) is 25.8 Å². The standard InChI is InChI=1S/C16H16FNO3S2/c1-11(16(19)18-13-7-5-6-12(17)10-13)22-14-8-3-4-9-15(14)23(2,20)21/h3-11H,1-2H3,(H,18,19). The average molecular weight is 353 g/mol. The minimum Gasteiger partial charge on any atom is -0.325 e. The lowest BCUT2D eigenvalue weighted by molar-refractivity contribution is -0.115. The maximum atomic E-state index is 13.1. The van der Waals surface area contributed by atoms with Crippen LogP contribution in [0.25, 0.3) is 0 Å². The molecule has 1 amide bonds. The van der Waals surface area contributed by atoms with Gasteiger partial charge < -0.3 is 5.32 Å². The first-order chi connectivity index (χ1) is 10.8. The molecule has 0 saturated heterocycles. The van der Waals surface area contributed by atoms with Crippen LogP contribution in [0.3, 0.4) is 0 Å². The predicted molar refractivity (Wildman–Crippen MR) is 89.9 cm³/mol. The van der Waals surface area contributed by atoms with Gasteiger partial charge in [0.1, 0.15) is 5.82 Å². The second-order valence-electron chi connectivity index (χ2n) is 4.98. The lowest BCUT2D eigenvalue weighted by atomic mass is 10.3. The summed E-state index contributed by atoms with van der Waals surface area (Å²) in [6.45, 7) is 1.67. The summed E-state index contributed by atoms with van der Waals surface area (Å²) in [4.78, 5) is 12.9. The monoisotopic (exact) mass is 353 g/mol. The van der Waals surface area contributed by atoms with Crippen LogP contribution in [0, 0.1) is 5.82 Å². The Morgan fingerprint density at radius 2 is 1.87 bits per heavy atom. The van der Waals surface area contributed by atoms with Crippen molar-refractivity contribution < 1.29 is 17.6 Å². The Kier molecular flexibility index (Phi) is 5.43. The van der Waals surface area contributed by atoms with E-state index in [1.807, 2.05) is 0 Å². The Hall–Kier alpha value is -1.86. The van der Waals surface area contributed by atoms with Gasteiger partial charge in [-0.2, -0.15) is 0 Å². The molecule has 0 bridgehead atoms. The second-order valence-corrected chi connectivity index (χ2v) is 8.35. The van der Waals surface area contributed by atoms with Crippen LogP contribution < -0.4 is 5.32 Å². The van der Waals surface area contributed by atoms with E-state index in [0.29, 0.717) is 10.6 Å². The summed E-state index contributed by atoms with van der Waals surface area (Å²) < 4.78 is 36.7. The number of thioether (sulfide) groups is 1. The molecular formula is C16H16FNO3S2. The minimum absolute atomic E-state index is 0.190. The summed E-state index contributed by atoms with van der Waals surface area (Å²) >= 11 is 1.14. The van der Waals surface area contributed by atoms with Crippen LogP contribution >= 0.6 is 11.8 Å². The molecule has 0 aliphatic heterocycles. The van der Waals surface area contributed by atoms with Crippen LogP contribution in [0.1, 0.15) is 6.92 Å². The quantitative estimate of drug-likeness (QED) is 0.838. The molecule has 0 aromatic heterocycles. The van der Waals surface area contributed by atoms with Gasteiger partial charge in [-0.15, -0.1) is 11.8 Å². The van der Waals surface area contributed by atoms with Crippen molar-refractivity contribution in [1.29, 1.82) is 0 Å². The first-order valence-corrected chi connectivity index (χ1v) is 9.56. The smallest absolute Gasteiger partial charge is 0.237 e. The van der Waals surface area contributed by atoms with Crippen molar-refractivity contribution in [3.63, 3.8) is 0 Å². The molecule has 0 saturated carbocycles. The van der Waals surface area contributed by atoms with Gasteiger partial charge in [0.2, 0.25) is 5.91 Å². The van der Waals surface area contributed by atoms with Crippen molar-refractivity contribution in [3.8, 4) is 0 Å². The molecule has 1 unspecified atom stereocenters. The largest absolute Gasteiger partial charge is 0.325 e. The van der Waals surface area contributed by atoms with Crippen molar-refractivity contribution in [2.24, 2.45) is 0 Å². The van der Waals surface area contributed by atoms with E-state index in [4.69, 9.17) is 0 Å². The number of amides is 1. The molecule has 4 nitrogen and oxygen atoms in total. The first kappa shape index (κ1) is 17.5. The van der Waals surface area contributed by atoms with E-state index in [9.17, 15) is 17.6 Å². The summed E-state index contributed by atoms with van der Waals surface area (Å²) in [5.41, 5.74) is 0.360. The molecule has 1 atom stereocenters. The predicted octanol–water partition coefficient (Wildman–Crippen LogP) is 3.35. The average Bonchev–Trinajstić information content (AvgIpc) is 2.46. The molecule has 1 N–H and O–H groups in total. The summed E-state index contributed by atoms with van der Waals surface area (Å²) in [7, 11) is -3.37. The number of carbonyl (C=O) groups excluding carboxylic acids is 1. The number of halogens is 1. The van der Waals surface area contributed by atoms with Crippen molar-refractivity contribution in [2.45, 2.75) is 22.0 Å². The van der Waals surface area contributed by atoms with Gasteiger partial charge in [-0.05, 0) is 37.3 Å². The van der Waals surface area contributed by atoms with Gasteiger partial charge in [0, 0.05) is 16.8 Å². The molecule has 2 rings (SSSR count). The number of hydrogen-bond donors (Lipinski definition) is 1. The lowest BCUT2D eigenvalue weighted by Gasteiger charge is -2.14. The summed E-state index contributed by atoms with van der Waals surface area (Å²) in [6.07, 6.45) is 1.13. The number of carbonyl (C=O) groups is 1. The topological polar surface area (TPSA) is 63.2 Å². The van der Waals surface area contributed by atoms with Crippen molar-refractivity contribution >= 4 is 33.2 Å². The molecule has 0 aliphatic rings. The van der Waals surface area contributed by atoms with E-state index in [2.05, 4.69) is 5.32 Å². The van der Waals surface area contributed by atoms with E-state index in [-0.39, 0.29) is 10.8 Å². The zero-order valence-electron chi connectivity index (χ0n) is 12.6. The van der Waals surface area contributed by atoms with E-state index in [1.165, 1.54) is 24.3 Å². The molecule has 0 fully saturated rings. The Balaban J connectivity index is 2.13. The number of sulfone groups is 1. The van der Waals surface area contributed by atoms with Crippen molar-refractivity contribution in [3.05, 3.63) is 54.3 Å². The number of anilines is 1. The fourth-order valence-corrected chi connectivity index (χ4v) is 4.15. The highest BCUT2D eigenvalue weighted by molar-refractivity contribution is 8.01. The van der Waals surface area contributed by atoms with Gasteiger partial charge >= 0.3 is 0 Å². The normalized spacial score (nSPS) is 12.7. The van der Waals surface area contributed by atoms with E-state index < -0.39 is 20.9 Å². The molecule has 0 spiro atoms. The second kappa shape index (κ2) is 7.14. The van der Waals surface area contributed by atoms with Crippen molar-refractivity contribution in [2.75, 3.05) is 11.6 Å². The molecule has 0 aliphatic carbocycles. The van der Waals surface area contributed by atoms with E-state index >= 15 is 0 Å². The molecular weight excluding hydrogens is 337 g/mol. The molecule has 0 radical (unpaired) electrons. The van der Waals surface area contributed by atoms with Gasteiger partial charge in [0.25, 0.3) is 0 Å². The molecule has 0 heterocycles. The fraction of sp³-hybridized carbons (Fsp3) is 0.188. The summed E-state index contributed by atoms with van der Waals surface area (Å²) in [5.74, 6) is -0.769. The van der Waals surface area contributed by atoms with Crippen LogP contribution in [-0.2, 0) is 14.6 Å². The molecule has 2 aromatic rings. The van der Waals surface area contributed by atoms with Crippen LogP contribution in [0.4, 0.5) is 10.1 Å². The molecule has 2 aromatic carbocycles. The fourth-order valence-electron chi connectivity index (χ4n) is 1.91. The highest BCUT2D eigenvalue weighted by Crippen LogP contribution is 2.30. The highest BCUT2D eigenvalue weighted by Gasteiger charge is 2.19. The van der Waals surface area contributed by atoms with Gasteiger partial charge in [-0.25, -0.2) is 12.8 Å². The third-order valence-corrected chi connectivity index (χ3v) is 5.48. The highest BCUT2D eigenvalue weighted by atomic mass is 32.2. The summed E-state index contributed by atoms with van der Waals surface area (Å²) in [5, 5.41) is 2.07. The van der Waals surface area contributed by atoms with Gasteiger partial charge in [-0.1, -0.05) is 18.2 Å². The maximum absolute atomic E-state index is 13.1. The SMILES string of the molecule is CC(Sc1ccccc1S(C)(=O)=O)C(=O)Nc1cccc(F)c1. The van der Waals surface area contributed by atoms with E-state index in [1.54, 1.807) is 31.2 Å². The lowest BCUT2D eigenvalue weighted by Crippen LogP contribution is -2.22. The number of hydrogen-bond acceptors (Lipinski definition) is 4. The van der Waals surface area contributed by atoms with Gasteiger partial charge in [-0.3, -0.25) is 4.79 Å². The zero-order chi connectivity index (χ0) is 17.0. The van der Waals surface area contributed by atoms with Crippen molar-refractivity contribution in [1.82, 2.24) is 0 Å². The first-order valence-electron chi connectivity index (χ1n) is 6.79. The number of rotatable bonds is 5. The molecule has 7 heteroatoms. The maximum Gasteiger partial charge on any atom is 0.237 e. The Bertz CT molecular complexity index is 822. The van der Waals surface area contributed by atoms with Gasteiger partial charge in [0.05, 0.1) is 10.1 Å². The number of benzene rings is 2. The Morgan fingerprint density at radius 3 is 2.52 bits per heavy atom.